The van der Waals surface area contributed by atoms with Gasteiger partial charge in [-0.25, -0.2) is 0 Å². The molecule has 0 aromatic heterocycles. The van der Waals surface area contributed by atoms with Crippen molar-refractivity contribution in [1.29, 1.82) is 0 Å². The summed E-state index contributed by atoms with van der Waals surface area (Å²) < 4.78 is 11.6. The van der Waals surface area contributed by atoms with E-state index in [9.17, 15) is 4.79 Å². The van der Waals surface area contributed by atoms with Crippen LogP contribution in [0.2, 0.25) is 0 Å². The molecule has 0 aliphatic carbocycles. The molecule has 2 rings (SSSR count). The number of halogens is 1. The van der Waals surface area contributed by atoms with E-state index >= 15 is 0 Å². The van der Waals surface area contributed by atoms with Gasteiger partial charge in [-0.3, -0.25) is 4.79 Å². The second-order valence-electron chi connectivity index (χ2n) is 4.84. The molecule has 0 atom stereocenters. The zero-order valence-electron chi connectivity index (χ0n) is 12.6. The van der Waals surface area contributed by atoms with Crippen LogP contribution < -0.4 is 9.47 Å². The summed E-state index contributed by atoms with van der Waals surface area (Å²) in [5.41, 5.74) is 1.04. The molecular weight excluding hydrogens is 346 g/mol. The SMILES string of the molecule is COc1ccc(CN(C)C(=O)COc2ccc(Br)cc2)cc1. The molecule has 5 heteroatoms. The molecule has 0 spiro atoms. The van der Waals surface area contributed by atoms with E-state index in [1.54, 1.807) is 19.1 Å². The standard InChI is InChI=1S/C17H18BrNO3/c1-19(11-13-3-7-15(21-2)8-4-13)17(20)12-22-16-9-5-14(18)6-10-16/h3-10H,11-12H2,1-2H3. The molecule has 0 saturated carbocycles. The third-order valence-corrected chi connectivity index (χ3v) is 3.71. The van der Waals surface area contributed by atoms with Gasteiger partial charge in [0.25, 0.3) is 5.91 Å². The number of carbonyl (C=O) groups is 1. The molecule has 0 unspecified atom stereocenters. The van der Waals surface area contributed by atoms with Gasteiger partial charge in [0.05, 0.1) is 7.11 Å². The van der Waals surface area contributed by atoms with E-state index in [1.807, 2.05) is 48.5 Å². The molecule has 2 aromatic carbocycles. The summed E-state index contributed by atoms with van der Waals surface area (Å²) in [4.78, 5) is 13.7. The third kappa shape index (κ3) is 4.77. The van der Waals surface area contributed by atoms with Crippen molar-refractivity contribution < 1.29 is 14.3 Å². The summed E-state index contributed by atoms with van der Waals surface area (Å²) in [5, 5.41) is 0. The summed E-state index contributed by atoms with van der Waals surface area (Å²) in [5.74, 6) is 1.41. The minimum atomic E-state index is -0.0706. The maximum Gasteiger partial charge on any atom is 0.260 e. The summed E-state index contributed by atoms with van der Waals surface area (Å²) >= 11 is 3.36. The first-order valence-electron chi connectivity index (χ1n) is 6.84. The highest BCUT2D eigenvalue weighted by Crippen LogP contribution is 2.16. The molecule has 0 bridgehead atoms. The molecule has 0 aliphatic heterocycles. The molecular formula is C17H18BrNO3. The lowest BCUT2D eigenvalue weighted by molar-refractivity contribution is -0.132. The van der Waals surface area contributed by atoms with Gasteiger partial charge in [0.15, 0.2) is 6.61 Å². The second kappa shape index (κ2) is 7.84. The molecule has 116 valence electrons. The van der Waals surface area contributed by atoms with Crippen LogP contribution in [0.15, 0.2) is 53.0 Å². The fraction of sp³-hybridized carbons (Fsp3) is 0.235. The van der Waals surface area contributed by atoms with Crippen LogP contribution in [0, 0.1) is 0 Å². The molecule has 0 aliphatic rings. The second-order valence-corrected chi connectivity index (χ2v) is 5.76. The first-order chi connectivity index (χ1) is 10.6. The lowest BCUT2D eigenvalue weighted by atomic mass is 10.2. The highest BCUT2D eigenvalue weighted by Gasteiger charge is 2.10. The topological polar surface area (TPSA) is 38.8 Å². The van der Waals surface area contributed by atoms with Crippen molar-refractivity contribution in [1.82, 2.24) is 4.90 Å². The van der Waals surface area contributed by atoms with Crippen LogP contribution in [-0.2, 0) is 11.3 Å². The van der Waals surface area contributed by atoms with Crippen molar-refractivity contribution in [2.24, 2.45) is 0 Å². The Balaban J connectivity index is 1.84. The lowest BCUT2D eigenvalue weighted by Gasteiger charge is -2.17. The minimum absolute atomic E-state index is 0.0221. The van der Waals surface area contributed by atoms with Gasteiger partial charge in [-0.2, -0.15) is 0 Å². The predicted octanol–water partition coefficient (Wildman–Crippen LogP) is 3.50. The fourth-order valence-electron chi connectivity index (χ4n) is 1.88. The van der Waals surface area contributed by atoms with Crippen LogP contribution in [0.25, 0.3) is 0 Å². The normalized spacial score (nSPS) is 10.1. The fourth-order valence-corrected chi connectivity index (χ4v) is 2.14. The summed E-state index contributed by atoms with van der Waals surface area (Å²) in [6.07, 6.45) is 0. The van der Waals surface area contributed by atoms with E-state index in [2.05, 4.69) is 15.9 Å². The number of benzene rings is 2. The molecule has 0 heterocycles. The van der Waals surface area contributed by atoms with Crippen LogP contribution in [0.5, 0.6) is 11.5 Å². The van der Waals surface area contributed by atoms with Gasteiger partial charge in [-0.1, -0.05) is 28.1 Å². The number of likely N-dealkylation sites (N-methyl/N-ethyl adjacent to an activating group) is 1. The molecule has 2 aromatic rings. The number of ether oxygens (including phenoxy) is 2. The van der Waals surface area contributed by atoms with Crippen LogP contribution in [-0.4, -0.2) is 31.6 Å². The average Bonchev–Trinajstić information content (AvgIpc) is 2.54. The van der Waals surface area contributed by atoms with Crippen molar-refractivity contribution in [3.8, 4) is 11.5 Å². The van der Waals surface area contributed by atoms with E-state index in [-0.39, 0.29) is 12.5 Å². The predicted molar refractivity (Wildman–Crippen MR) is 89.1 cm³/mol. The monoisotopic (exact) mass is 363 g/mol. The Labute approximate surface area is 138 Å². The third-order valence-electron chi connectivity index (χ3n) is 3.18. The highest BCUT2D eigenvalue weighted by molar-refractivity contribution is 9.10. The Kier molecular flexibility index (Phi) is 5.83. The van der Waals surface area contributed by atoms with Crippen LogP contribution in [0.1, 0.15) is 5.56 Å². The van der Waals surface area contributed by atoms with Gasteiger partial charge in [-0.05, 0) is 42.0 Å². The van der Waals surface area contributed by atoms with Gasteiger partial charge in [0.1, 0.15) is 11.5 Å². The zero-order valence-corrected chi connectivity index (χ0v) is 14.2. The van der Waals surface area contributed by atoms with Gasteiger partial charge >= 0.3 is 0 Å². The summed E-state index contributed by atoms with van der Waals surface area (Å²) in [6.45, 7) is 0.556. The molecule has 0 radical (unpaired) electrons. The molecule has 0 N–H and O–H groups in total. The first-order valence-corrected chi connectivity index (χ1v) is 7.63. The van der Waals surface area contributed by atoms with Crippen molar-refractivity contribution in [3.05, 3.63) is 58.6 Å². The Morgan fingerprint density at radius 3 is 2.23 bits per heavy atom. The van der Waals surface area contributed by atoms with E-state index in [0.717, 1.165) is 15.8 Å². The van der Waals surface area contributed by atoms with Crippen molar-refractivity contribution >= 4 is 21.8 Å². The van der Waals surface area contributed by atoms with Crippen molar-refractivity contribution in [2.45, 2.75) is 6.54 Å². The molecule has 22 heavy (non-hydrogen) atoms. The maximum absolute atomic E-state index is 12.1. The van der Waals surface area contributed by atoms with Gasteiger partial charge in [0.2, 0.25) is 0 Å². The Bertz CT molecular complexity index is 611. The molecule has 1 amide bonds. The number of hydrogen-bond donors (Lipinski definition) is 0. The highest BCUT2D eigenvalue weighted by atomic mass is 79.9. The Hall–Kier alpha value is -2.01. The molecule has 4 nitrogen and oxygen atoms in total. The largest absolute Gasteiger partial charge is 0.497 e. The van der Waals surface area contributed by atoms with Crippen molar-refractivity contribution in [3.63, 3.8) is 0 Å². The van der Waals surface area contributed by atoms with Crippen LogP contribution >= 0.6 is 15.9 Å². The van der Waals surface area contributed by atoms with Gasteiger partial charge < -0.3 is 14.4 Å². The van der Waals surface area contributed by atoms with E-state index in [1.165, 1.54) is 0 Å². The first kappa shape index (κ1) is 16.4. The molecule has 0 saturated heterocycles. The smallest absolute Gasteiger partial charge is 0.260 e. The Morgan fingerprint density at radius 2 is 1.64 bits per heavy atom. The number of nitrogens with zero attached hydrogens (tertiary/aromatic N) is 1. The van der Waals surface area contributed by atoms with E-state index < -0.39 is 0 Å². The number of rotatable bonds is 6. The molecule has 0 fully saturated rings. The quantitative estimate of drug-likeness (QED) is 0.788. The number of amides is 1. The van der Waals surface area contributed by atoms with Crippen molar-refractivity contribution in [2.75, 3.05) is 20.8 Å². The van der Waals surface area contributed by atoms with Gasteiger partial charge in [0, 0.05) is 18.1 Å². The van der Waals surface area contributed by atoms with E-state index in [4.69, 9.17) is 9.47 Å². The van der Waals surface area contributed by atoms with Crippen LogP contribution in [0.3, 0.4) is 0 Å². The minimum Gasteiger partial charge on any atom is -0.497 e. The lowest BCUT2D eigenvalue weighted by Crippen LogP contribution is -2.30. The number of methoxy groups -OCH3 is 1. The van der Waals surface area contributed by atoms with Crippen LogP contribution in [0.4, 0.5) is 0 Å². The summed E-state index contributed by atoms with van der Waals surface area (Å²) in [6, 6.07) is 15.0. The zero-order chi connectivity index (χ0) is 15.9. The maximum atomic E-state index is 12.1. The Morgan fingerprint density at radius 1 is 1.05 bits per heavy atom. The average molecular weight is 364 g/mol. The number of hydrogen-bond acceptors (Lipinski definition) is 3. The summed E-state index contributed by atoms with van der Waals surface area (Å²) in [7, 11) is 3.39. The van der Waals surface area contributed by atoms with E-state index in [0.29, 0.717) is 12.3 Å². The van der Waals surface area contributed by atoms with Gasteiger partial charge in [-0.15, -0.1) is 0 Å². The number of carbonyl (C=O) groups excluding carboxylic acids is 1.